The normalized spacial score (nSPS) is 11.2. The largest absolute Gasteiger partial charge is 0.465 e. The first-order valence-electron chi connectivity index (χ1n) is 5.97. The molecule has 0 bridgehead atoms. The number of nitrogens with zero attached hydrogens (tertiary/aromatic N) is 1. The summed E-state index contributed by atoms with van der Waals surface area (Å²) in [5.41, 5.74) is 2.31. The van der Waals surface area contributed by atoms with E-state index in [0.29, 0.717) is 5.69 Å². The lowest BCUT2D eigenvalue weighted by atomic mass is 10.1. The molecule has 0 aromatic heterocycles. The first-order valence-corrected chi connectivity index (χ1v) is 7.81. The zero-order valence-corrected chi connectivity index (χ0v) is 12.5. The number of rotatable bonds is 5. The van der Waals surface area contributed by atoms with E-state index in [9.17, 15) is 13.2 Å². The summed E-state index contributed by atoms with van der Waals surface area (Å²) in [5.74, 6) is -0.561. The highest BCUT2D eigenvalue weighted by atomic mass is 32.2. The molecule has 5 nitrogen and oxygen atoms in total. The lowest BCUT2D eigenvalue weighted by molar-refractivity contribution is -0.141. The molecule has 0 fully saturated rings. The van der Waals surface area contributed by atoms with Gasteiger partial charge in [-0.3, -0.25) is 9.10 Å². The van der Waals surface area contributed by atoms with Gasteiger partial charge < -0.3 is 4.74 Å². The van der Waals surface area contributed by atoms with Crippen LogP contribution in [-0.2, 0) is 19.6 Å². The summed E-state index contributed by atoms with van der Waals surface area (Å²) in [6.45, 7) is 5.32. The average molecular weight is 285 g/mol. The molecule has 1 aromatic rings. The van der Waals surface area contributed by atoms with Crippen LogP contribution in [0.2, 0.25) is 0 Å². The van der Waals surface area contributed by atoms with Crippen LogP contribution in [0, 0.1) is 13.8 Å². The van der Waals surface area contributed by atoms with E-state index in [1.165, 1.54) is 0 Å². The molecule has 1 aromatic carbocycles. The summed E-state index contributed by atoms with van der Waals surface area (Å²) in [7, 11) is -3.54. The summed E-state index contributed by atoms with van der Waals surface area (Å²) in [6, 6.07) is 5.34. The monoisotopic (exact) mass is 285 g/mol. The molecule has 0 aliphatic rings. The third-order valence-corrected chi connectivity index (χ3v) is 3.95. The molecule has 0 atom stereocenters. The number of hydrogen-bond acceptors (Lipinski definition) is 4. The number of benzene rings is 1. The molecule has 1 rings (SSSR count). The highest BCUT2D eigenvalue weighted by molar-refractivity contribution is 7.92. The van der Waals surface area contributed by atoms with Gasteiger partial charge in [0.15, 0.2) is 0 Å². The molecule has 0 saturated carbocycles. The highest BCUT2D eigenvalue weighted by Crippen LogP contribution is 2.24. The standard InChI is InChI=1S/C13H19NO4S/c1-5-18-13(15)9-14(19(4,16)17)12-8-6-7-10(2)11(12)3/h6-8H,5,9H2,1-4H3. The second-order valence-electron chi connectivity index (χ2n) is 4.29. The van der Waals surface area contributed by atoms with Gasteiger partial charge in [0, 0.05) is 0 Å². The van der Waals surface area contributed by atoms with Gasteiger partial charge in [-0.25, -0.2) is 8.42 Å². The molecular formula is C13H19NO4S. The smallest absolute Gasteiger partial charge is 0.326 e. The van der Waals surface area contributed by atoms with Gasteiger partial charge in [0.05, 0.1) is 18.6 Å². The summed E-state index contributed by atoms with van der Waals surface area (Å²) in [5, 5.41) is 0. The van der Waals surface area contributed by atoms with Crippen LogP contribution in [0.4, 0.5) is 5.69 Å². The Labute approximate surface area is 114 Å². The minimum Gasteiger partial charge on any atom is -0.465 e. The maximum absolute atomic E-state index is 11.9. The van der Waals surface area contributed by atoms with E-state index in [2.05, 4.69) is 0 Å². The topological polar surface area (TPSA) is 63.7 Å². The van der Waals surface area contributed by atoms with E-state index < -0.39 is 16.0 Å². The van der Waals surface area contributed by atoms with E-state index in [-0.39, 0.29) is 13.2 Å². The highest BCUT2D eigenvalue weighted by Gasteiger charge is 2.23. The Morgan fingerprint density at radius 2 is 1.95 bits per heavy atom. The lowest BCUT2D eigenvalue weighted by Gasteiger charge is -2.23. The molecule has 106 valence electrons. The number of anilines is 1. The quantitative estimate of drug-likeness (QED) is 0.771. The summed E-state index contributed by atoms with van der Waals surface area (Å²) < 4.78 is 29.6. The summed E-state index contributed by atoms with van der Waals surface area (Å²) in [4.78, 5) is 11.5. The average Bonchev–Trinajstić information content (AvgIpc) is 2.29. The third kappa shape index (κ3) is 3.96. The Morgan fingerprint density at radius 3 is 2.47 bits per heavy atom. The fourth-order valence-electron chi connectivity index (χ4n) is 1.71. The van der Waals surface area contributed by atoms with Crippen molar-refractivity contribution >= 4 is 21.7 Å². The Hall–Kier alpha value is -1.56. The second-order valence-corrected chi connectivity index (χ2v) is 6.20. The minimum atomic E-state index is -3.54. The van der Waals surface area contributed by atoms with Crippen molar-refractivity contribution in [2.24, 2.45) is 0 Å². The van der Waals surface area contributed by atoms with E-state index in [0.717, 1.165) is 21.7 Å². The van der Waals surface area contributed by atoms with Crippen LogP contribution in [0.5, 0.6) is 0 Å². The molecule has 6 heteroatoms. The fraction of sp³-hybridized carbons (Fsp3) is 0.462. The van der Waals surface area contributed by atoms with E-state index in [1.54, 1.807) is 19.1 Å². The second kappa shape index (κ2) is 6.06. The van der Waals surface area contributed by atoms with E-state index in [1.807, 2.05) is 19.9 Å². The van der Waals surface area contributed by atoms with Crippen LogP contribution in [-0.4, -0.2) is 33.8 Å². The van der Waals surface area contributed by atoms with Gasteiger partial charge in [0.1, 0.15) is 6.54 Å². The Kier molecular flexibility index (Phi) is 4.94. The van der Waals surface area contributed by atoms with Crippen LogP contribution in [0.1, 0.15) is 18.1 Å². The first kappa shape index (κ1) is 15.5. The van der Waals surface area contributed by atoms with Gasteiger partial charge in [0.2, 0.25) is 10.0 Å². The predicted octanol–water partition coefficient (Wildman–Crippen LogP) is 1.63. The number of ether oxygens (including phenoxy) is 1. The maximum atomic E-state index is 11.9. The van der Waals surface area contributed by atoms with Gasteiger partial charge in [-0.05, 0) is 38.0 Å². The van der Waals surface area contributed by atoms with Crippen molar-refractivity contribution in [3.8, 4) is 0 Å². The molecule has 0 amide bonds. The Morgan fingerprint density at radius 1 is 1.32 bits per heavy atom. The van der Waals surface area contributed by atoms with Crippen LogP contribution < -0.4 is 4.31 Å². The Balaban J connectivity index is 3.19. The molecule has 19 heavy (non-hydrogen) atoms. The molecule has 0 saturated heterocycles. The van der Waals surface area contributed by atoms with Crippen LogP contribution in [0.25, 0.3) is 0 Å². The van der Waals surface area contributed by atoms with Crippen LogP contribution in [0.15, 0.2) is 18.2 Å². The number of carbonyl (C=O) groups is 1. The fourth-order valence-corrected chi connectivity index (χ4v) is 2.61. The van der Waals surface area contributed by atoms with Gasteiger partial charge in [0.25, 0.3) is 0 Å². The van der Waals surface area contributed by atoms with Gasteiger partial charge in [-0.2, -0.15) is 0 Å². The van der Waals surface area contributed by atoms with Crippen molar-refractivity contribution in [2.45, 2.75) is 20.8 Å². The zero-order valence-electron chi connectivity index (χ0n) is 11.6. The molecule has 0 unspecified atom stereocenters. The number of carbonyl (C=O) groups excluding carboxylic acids is 1. The summed E-state index contributed by atoms with van der Waals surface area (Å²) in [6.07, 6.45) is 1.08. The van der Waals surface area contributed by atoms with Crippen molar-refractivity contribution in [3.63, 3.8) is 0 Å². The van der Waals surface area contributed by atoms with Crippen molar-refractivity contribution < 1.29 is 17.9 Å². The van der Waals surface area contributed by atoms with Crippen molar-refractivity contribution in [1.29, 1.82) is 0 Å². The molecule has 0 N–H and O–H groups in total. The van der Waals surface area contributed by atoms with E-state index >= 15 is 0 Å². The number of esters is 1. The van der Waals surface area contributed by atoms with Crippen molar-refractivity contribution in [1.82, 2.24) is 0 Å². The third-order valence-electron chi connectivity index (χ3n) is 2.82. The first-order chi connectivity index (χ1) is 8.77. The molecule has 0 heterocycles. The lowest BCUT2D eigenvalue weighted by Crippen LogP contribution is -2.36. The zero-order chi connectivity index (χ0) is 14.6. The molecule has 0 aliphatic carbocycles. The van der Waals surface area contributed by atoms with Gasteiger partial charge in [-0.15, -0.1) is 0 Å². The van der Waals surface area contributed by atoms with Gasteiger partial charge >= 0.3 is 5.97 Å². The maximum Gasteiger partial charge on any atom is 0.326 e. The molecule has 0 aliphatic heterocycles. The Bertz CT molecular complexity index is 566. The molecular weight excluding hydrogens is 266 g/mol. The predicted molar refractivity (Wildman–Crippen MR) is 74.7 cm³/mol. The number of aryl methyl sites for hydroxylation is 1. The SMILES string of the molecule is CCOC(=O)CN(c1cccc(C)c1C)S(C)(=O)=O. The van der Waals surface area contributed by atoms with Crippen molar-refractivity contribution in [2.75, 3.05) is 23.7 Å². The van der Waals surface area contributed by atoms with E-state index in [4.69, 9.17) is 4.74 Å². The van der Waals surface area contributed by atoms with Gasteiger partial charge in [-0.1, -0.05) is 12.1 Å². The van der Waals surface area contributed by atoms with Crippen LogP contribution >= 0.6 is 0 Å². The minimum absolute atomic E-state index is 0.225. The number of hydrogen-bond donors (Lipinski definition) is 0. The summed E-state index contributed by atoms with van der Waals surface area (Å²) >= 11 is 0. The van der Waals surface area contributed by atoms with Crippen molar-refractivity contribution in [3.05, 3.63) is 29.3 Å². The molecule has 0 radical (unpaired) electrons. The molecule has 0 spiro atoms. The number of sulfonamides is 1. The van der Waals surface area contributed by atoms with Crippen LogP contribution in [0.3, 0.4) is 0 Å².